The van der Waals surface area contributed by atoms with Gasteiger partial charge in [-0.1, -0.05) is 48.5 Å². The Morgan fingerprint density at radius 3 is 2.42 bits per heavy atom. The summed E-state index contributed by atoms with van der Waals surface area (Å²) in [5.74, 6) is -0.759. The molecular weight excluding hydrogens is 341 g/mol. The molecule has 0 fully saturated rings. The Labute approximate surface area is 149 Å². The number of benzene rings is 2. The molecule has 0 spiro atoms. The molecule has 3 nitrogen and oxygen atoms in total. The topological polar surface area (TPSA) is 32.7 Å². The van der Waals surface area contributed by atoms with Crippen molar-refractivity contribution in [3.8, 4) is 0 Å². The molecule has 2 aromatic rings. The highest BCUT2D eigenvalue weighted by Gasteiger charge is 2.35. The Hall–Kier alpha value is -2.89. The van der Waals surface area contributed by atoms with Gasteiger partial charge in [-0.2, -0.15) is 18.3 Å². The van der Waals surface area contributed by atoms with Crippen LogP contribution in [0.5, 0.6) is 0 Å². The number of alkyl halides is 3. The van der Waals surface area contributed by atoms with E-state index >= 15 is 0 Å². The van der Waals surface area contributed by atoms with E-state index in [2.05, 4.69) is 5.10 Å². The fourth-order valence-electron chi connectivity index (χ4n) is 2.84. The number of allylic oxidation sites excluding steroid dienone is 2. The summed E-state index contributed by atoms with van der Waals surface area (Å²) in [6.45, 7) is 2.03. The minimum atomic E-state index is -4.63. The molecule has 0 aromatic heterocycles. The van der Waals surface area contributed by atoms with E-state index in [0.29, 0.717) is 12.6 Å². The van der Waals surface area contributed by atoms with Crippen LogP contribution < -0.4 is 5.01 Å². The summed E-state index contributed by atoms with van der Waals surface area (Å²) in [4.78, 5) is 12.3. The van der Waals surface area contributed by atoms with Crippen LogP contribution in [-0.2, 0) is 11.2 Å². The molecule has 0 N–H and O–H groups in total. The molecule has 1 heterocycles. The summed E-state index contributed by atoms with van der Waals surface area (Å²) in [6.07, 6.45) is -3.22. The number of fused-ring (bicyclic) bond motifs is 1. The molecule has 0 aliphatic carbocycles. The summed E-state index contributed by atoms with van der Waals surface area (Å²) in [6, 6.07) is 14.9. The normalized spacial score (nSPS) is 15.2. The summed E-state index contributed by atoms with van der Waals surface area (Å²) in [5.41, 5.74) is 0.974. The average molecular weight is 358 g/mol. The quantitative estimate of drug-likeness (QED) is 0.589. The number of rotatable bonds is 4. The van der Waals surface area contributed by atoms with Gasteiger partial charge >= 0.3 is 6.18 Å². The van der Waals surface area contributed by atoms with Crippen molar-refractivity contribution in [3.05, 3.63) is 71.8 Å². The van der Waals surface area contributed by atoms with E-state index < -0.39 is 17.5 Å². The lowest BCUT2D eigenvalue weighted by Gasteiger charge is -2.14. The standard InChI is InChI=1S/C20H17F3N2O/c1-14(24-25-12-11-16-9-5-6-10-18(16)25)19(26)13-17(20(21,22)23)15-7-3-2-4-8-15/h2-10,13H,11-12H2,1H3/b17-13-,24-14+. The van der Waals surface area contributed by atoms with Gasteiger partial charge in [0, 0.05) is 12.6 Å². The van der Waals surface area contributed by atoms with E-state index in [4.69, 9.17) is 0 Å². The van der Waals surface area contributed by atoms with Crippen molar-refractivity contribution in [2.24, 2.45) is 5.10 Å². The van der Waals surface area contributed by atoms with Crippen molar-refractivity contribution >= 4 is 22.8 Å². The van der Waals surface area contributed by atoms with Crippen LogP contribution in [0.15, 0.2) is 65.8 Å². The molecule has 1 aliphatic heterocycles. The van der Waals surface area contributed by atoms with Crippen LogP contribution in [0.4, 0.5) is 18.9 Å². The smallest absolute Gasteiger partial charge is 0.288 e. The number of para-hydroxylation sites is 1. The van der Waals surface area contributed by atoms with E-state index in [1.165, 1.54) is 31.2 Å². The average Bonchev–Trinajstić information content (AvgIpc) is 3.02. The van der Waals surface area contributed by atoms with Gasteiger partial charge in [0.15, 0.2) is 0 Å². The number of halogens is 3. The van der Waals surface area contributed by atoms with E-state index in [-0.39, 0.29) is 11.3 Å². The maximum Gasteiger partial charge on any atom is 0.417 e. The lowest BCUT2D eigenvalue weighted by atomic mass is 10.0. The molecule has 2 aromatic carbocycles. The highest BCUT2D eigenvalue weighted by molar-refractivity contribution is 6.44. The highest BCUT2D eigenvalue weighted by Crippen LogP contribution is 2.34. The lowest BCUT2D eigenvalue weighted by Crippen LogP contribution is -2.20. The second-order valence-corrected chi connectivity index (χ2v) is 5.97. The summed E-state index contributed by atoms with van der Waals surface area (Å²) < 4.78 is 40.1. The van der Waals surface area contributed by atoms with E-state index in [9.17, 15) is 18.0 Å². The summed E-state index contributed by atoms with van der Waals surface area (Å²) in [7, 11) is 0. The van der Waals surface area contributed by atoms with Crippen LogP contribution in [0.3, 0.4) is 0 Å². The van der Waals surface area contributed by atoms with Crippen LogP contribution in [0.25, 0.3) is 5.57 Å². The minimum Gasteiger partial charge on any atom is -0.288 e. The fraction of sp³-hybridized carbons (Fsp3) is 0.200. The second-order valence-electron chi connectivity index (χ2n) is 5.97. The molecule has 6 heteroatoms. The van der Waals surface area contributed by atoms with Crippen LogP contribution in [-0.4, -0.2) is 24.2 Å². The Morgan fingerprint density at radius 1 is 1.08 bits per heavy atom. The first-order valence-electron chi connectivity index (χ1n) is 8.15. The first kappa shape index (κ1) is 17.9. The first-order chi connectivity index (χ1) is 12.4. The van der Waals surface area contributed by atoms with Crippen molar-refractivity contribution in [3.63, 3.8) is 0 Å². The van der Waals surface area contributed by atoms with E-state index in [1.54, 1.807) is 11.1 Å². The van der Waals surface area contributed by atoms with Gasteiger partial charge in [-0.15, -0.1) is 0 Å². The SMILES string of the molecule is C/C(=N\N1CCc2ccccc21)C(=O)/C=C(/c1ccccc1)C(F)(F)F. The zero-order valence-electron chi connectivity index (χ0n) is 14.1. The highest BCUT2D eigenvalue weighted by atomic mass is 19.4. The number of nitrogens with zero attached hydrogens (tertiary/aromatic N) is 2. The number of anilines is 1. The molecule has 0 saturated heterocycles. The maximum atomic E-state index is 13.4. The van der Waals surface area contributed by atoms with Crippen molar-refractivity contribution in [1.82, 2.24) is 0 Å². The third-order valence-electron chi connectivity index (χ3n) is 4.16. The predicted molar refractivity (Wildman–Crippen MR) is 96.1 cm³/mol. The Kier molecular flexibility index (Phi) is 4.93. The van der Waals surface area contributed by atoms with Crippen LogP contribution in [0.1, 0.15) is 18.1 Å². The third kappa shape index (κ3) is 3.85. The second kappa shape index (κ2) is 7.15. The van der Waals surface area contributed by atoms with Crippen molar-refractivity contribution < 1.29 is 18.0 Å². The van der Waals surface area contributed by atoms with E-state index in [0.717, 1.165) is 17.7 Å². The van der Waals surface area contributed by atoms with Crippen LogP contribution in [0.2, 0.25) is 0 Å². The van der Waals surface area contributed by atoms with Gasteiger partial charge in [0.05, 0.1) is 11.3 Å². The zero-order chi connectivity index (χ0) is 18.7. The number of hydrogen-bond donors (Lipinski definition) is 0. The van der Waals surface area contributed by atoms with Crippen molar-refractivity contribution in [2.45, 2.75) is 19.5 Å². The molecule has 0 saturated carbocycles. The van der Waals surface area contributed by atoms with Gasteiger partial charge in [-0.25, -0.2) is 0 Å². The molecule has 0 bridgehead atoms. The summed E-state index contributed by atoms with van der Waals surface area (Å²) >= 11 is 0. The lowest BCUT2D eigenvalue weighted by molar-refractivity contribution is -0.109. The number of carbonyl (C=O) groups excluding carboxylic acids is 1. The molecule has 26 heavy (non-hydrogen) atoms. The molecule has 0 atom stereocenters. The summed E-state index contributed by atoms with van der Waals surface area (Å²) in [5, 5.41) is 5.89. The Morgan fingerprint density at radius 2 is 1.73 bits per heavy atom. The van der Waals surface area contributed by atoms with Gasteiger partial charge < -0.3 is 0 Å². The van der Waals surface area contributed by atoms with E-state index in [1.807, 2.05) is 24.3 Å². The van der Waals surface area contributed by atoms with Gasteiger partial charge in [-0.3, -0.25) is 9.80 Å². The first-order valence-corrected chi connectivity index (χ1v) is 8.15. The largest absolute Gasteiger partial charge is 0.417 e. The number of carbonyl (C=O) groups is 1. The zero-order valence-corrected chi connectivity index (χ0v) is 14.1. The van der Waals surface area contributed by atoms with Gasteiger partial charge in [0.2, 0.25) is 5.78 Å². The molecule has 3 rings (SSSR count). The number of hydrazone groups is 1. The number of ketones is 1. The van der Waals surface area contributed by atoms with Crippen molar-refractivity contribution in [1.29, 1.82) is 0 Å². The molecule has 134 valence electrons. The van der Waals surface area contributed by atoms with Crippen LogP contribution in [0, 0.1) is 0 Å². The van der Waals surface area contributed by atoms with Gasteiger partial charge in [-0.05, 0) is 30.5 Å². The number of hydrogen-bond acceptors (Lipinski definition) is 3. The molecule has 0 radical (unpaired) electrons. The fourth-order valence-corrected chi connectivity index (χ4v) is 2.84. The maximum absolute atomic E-state index is 13.4. The molecule has 1 aliphatic rings. The predicted octanol–water partition coefficient (Wildman–Crippen LogP) is 4.64. The Bertz CT molecular complexity index is 870. The molecular formula is C20H17F3N2O. The van der Waals surface area contributed by atoms with Crippen molar-refractivity contribution in [2.75, 3.05) is 11.6 Å². The van der Waals surface area contributed by atoms with Gasteiger partial charge in [0.25, 0.3) is 0 Å². The molecule has 0 amide bonds. The Balaban J connectivity index is 1.89. The third-order valence-corrected chi connectivity index (χ3v) is 4.16. The monoisotopic (exact) mass is 358 g/mol. The minimum absolute atomic E-state index is 0.0133. The van der Waals surface area contributed by atoms with Crippen LogP contribution >= 0.6 is 0 Å². The van der Waals surface area contributed by atoms with Gasteiger partial charge in [0.1, 0.15) is 5.71 Å². The molecule has 0 unspecified atom stereocenters.